The van der Waals surface area contributed by atoms with E-state index >= 15 is 0 Å². The van der Waals surface area contributed by atoms with Gasteiger partial charge in [-0.2, -0.15) is 0 Å². The van der Waals surface area contributed by atoms with E-state index in [9.17, 15) is 4.79 Å². The van der Waals surface area contributed by atoms with Gasteiger partial charge >= 0.3 is 0 Å². The zero-order valence-electron chi connectivity index (χ0n) is 13.8. The molecule has 0 aromatic carbocycles. The number of rotatable bonds is 4. The van der Waals surface area contributed by atoms with Crippen molar-refractivity contribution < 1.29 is 4.79 Å². The number of nitrogens with zero attached hydrogens (tertiary/aromatic N) is 3. The first-order valence-electron chi connectivity index (χ1n) is 8.60. The molecule has 0 radical (unpaired) electrons. The molecular weight excluding hydrogens is 264 g/mol. The largest absolute Gasteiger partial charge is 0.341 e. The number of hydrogen-bond donors (Lipinski definition) is 1. The summed E-state index contributed by atoms with van der Waals surface area (Å²) in [7, 11) is 0. The molecule has 21 heavy (non-hydrogen) atoms. The van der Waals surface area contributed by atoms with Gasteiger partial charge in [0.2, 0.25) is 5.91 Å². The fraction of sp³-hybridized carbons (Fsp3) is 0.938. The second-order valence-corrected chi connectivity index (χ2v) is 6.57. The van der Waals surface area contributed by atoms with Gasteiger partial charge in [-0.05, 0) is 26.7 Å². The second kappa shape index (κ2) is 8.11. The number of carbonyl (C=O) groups excluding carboxylic acids is 1. The normalized spacial score (nSPS) is 25.4. The Bertz CT molecular complexity index is 320. The summed E-state index contributed by atoms with van der Waals surface area (Å²) in [6, 6.07) is 0.474. The molecule has 5 heteroatoms. The summed E-state index contributed by atoms with van der Waals surface area (Å²) in [6.45, 7) is 10.9. The maximum atomic E-state index is 12.7. The molecule has 1 amide bonds. The molecule has 2 fully saturated rings. The van der Waals surface area contributed by atoms with Gasteiger partial charge in [-0.3, -0.25) is 14.6 Å². The standard InChI is InChI=1S/C16H32N4O/c1-14(13-17)18-9-11-19(12-10-18)15(2)16(21)20-7-5-3-4-6-8-20/h14-15H,3-13,17H2,1-2H3. The molecule has 2 rings (SSSR count). The second-order valence-electron chi connectivity index (χ2n) is 6.57. The molecule has 0 saturated carbocycles. The van der Waals surface area contributed by atoms with Gasteiger partial charge < -0.3 is 10.6 Å². The molecule has 5 nitrogen and oxygen atoms in total. The zero-order chi connectivity index (χ0) is 15.2. The van der Waals surface area contributed by atoms with Gasteiger partial charge in [-0.15, -0.1) is 0 Å². The Hall–Kier alpha value is -0.650. The van der Waals surface area contributed by atoms with E-state index in [2.05, 4.69) is 28.5 Å². The first-order valence-corrected chi connectivity index (χ1v) is 8.60. The third-order valence-corrected chi connectivity index (χ3v) is 5.14. The molecular formula is C16H32N4O. The van der Waals surface area contributed by atoms with Crippen LogP contribution in [0.4, 0.5) is 0 Å². The molecule has 0 aromatic heterocycles. The Balaban J connectivity index is 1.83. The van der Waals surface area contributed by atoms with Crippen LogP contribution >= 0.6 is 0 Å². The van der Waals surface area contributed by atoms with Crippen LogP contribution in [0.15, 0.2) is 0 Å². The highest BCUT2D eigenvalue weighted by Crippen LogP contribution is 2.14. The Morgan fingerprint density at radius 1 is 0.905 bits per heavy atom. The molecule has 2 unspecified atom stereocenters. The number of likely N-dealkylation sites (tertiary alicyclic amines) is 1. The van der Waals surface area contributed by atoms with E-state index in [-0.39, 0.29) is 6.04 Å². The molecule has 2 N–H and O–H groups in total. The number of carbonyl (C=O) groups is 1. The first kappa shape index (κ1) is 16.7. The highest BCUT2D eigenvalue weighted by Gasteiger charge is 2.29. The SMILES string of the molecule is CC(CN)N1CCN(C(C)C(=O)N2CCCCCC2)CC1. The van der Waals surface area contributed by atoms with E-state index in [4.69, 9.17) is 5.73 Å². The van der Waals surface area contributed by atoms with Crippen molar-refractivity contribution in [2.45, 2.75) is 51.6 Å². The molecule has 0 aromatic rings. The van der Waals surface area contributed by atoms with E-state index in [0.29, 0.717) is 18.5 Å². The predicted octanol–water partition coefficient (Wildman–Crippen LogP) is 0.742. The van der Waals surface area contributed by atoms with Crippen molar-refractivity contribution in [3.63, 3.8) is 0 Å². The predicted molar refractivity (Wildman–Crippen MR) is 86.2 cm³/mol. The van der Waals surface area contributed by atoms with Crippen LogP contribution in [-0.4, -0.2) is 78.5 Å². The summed E-state index contributed by atoms with van der Waals surface area (Å²) in [4.78, 5) is 19.5. The van der Waals surface area contributed by atoms with Gasteiger partial charge in [0.05, 0.1) is 6.04 Å². The van der Waals surface area contributed by atoms with Crippen LogP contribution in [0.25, 0.3) is 0 Å². The van der Waals surface area contributed by atoms with Crippen LogP contribution in [0, 0.1) is 0 Å². The lowest BCUT2D eigenvalue weighted by molar-refractivity contribution is -0.137. The highest BCUT2D eigenvalue weighted by molar-refractivity contribution is 5.81. The summed E-state index contributed by atoms with van der Waals surface area (Å²) in [6.07, 6.45) is 4.88. The third-order valence-electron chi connectivity index (χ3n) is 5.14. The van der Waals surface area contributed by atoms with Gasteiger partial charge in [-0.1, -0.05) is 12.8 Å². The fourth-order valence-corrected chi connectivity index (χ4v) is 3.43. The van der Waals surface area contributed by atoms with E-state index in [1.165, 1.54) is 25.7 Å². The highest BCUT2D eigenvalue weighted by atomic mass is 16.2. The minimum atomic E-state index is 0.0263. The van der Waals surface area contributed by atoms with Gasteiger partial charge in [-0.25, -0.2) is 0 Å². The number of amides is 1. The summed E-state index contributed by atoms with van der Waals surface area (Å²) in [5.41, 5.74) is 5.74. The maximum Gasteiger partial charge on any atom is 0.239 e. The quantitative estimate of drug-likeness (QED) is 0.831. The average molecular weight is 296 g/mol. The Morgan fingerprint density at radius 2 is 1.43 bits per heavy atom. The number of piperazine rings is 1. The molecule has 2 atom stereocenters. The third kappa shape index (κ3) is 4.41. The fourth-order valence-electron chi connectivity index (χ4n) is 3.43. The lowest BCUT2D eigenvalue weighted by atomic mass is 10.1. The lowest BCUT2D eigenvalue weighted by Crippen LogP contribution is -2.56. The van der Waals surface area contributed by atoms with E-state index < -0.39 is 0 Å². The minimum Gasteiger partial charge on any atom is -0.341 e. The molecule has 0 aliphatic carbocycles. The van der Waals surface area contributed by atoms with Crippen LogP contribution in [0.1, 0.15) is 39.5 Å². The Kier molecular flexibility index (Phi) is 6.45. The smallest absolute Gasteiger partial charge is 0.239 e. The van der Waals surface area contributed by atoms with E-state index in [1.54, 1.807) is 0 Å². The van der Waals surface area contributed by atoms with Crippen LogP contribution < -0.4 is 5.73 Å². The average Bonchev–Trinajstić information content (AvgIpc) is 2.82. The van der Waals surface area contributed by atoms with Crippen molar-refractivity contribution in [2.24, 2.45) is 5.73 Å². The molecule has 2 heterocycles. The Labute approximate surface area is 129 Å². The van der Waals surface area contributed by atoms with Crippen LogP contribution in [0.3, 0.4) is 0 Å². The topological polar surface area (TPSA) is 52.8 Å². The number of nitrogens with two attached hydrogens (primary N) is 1. The monoisotopic (exact) mass is 296 g/mol. The van der Waals surface area contributed by atoms with Crippen LogP contribution in [0.5, 0.6) is 0 Å². The van der Waals surface area contributed by atoms with Crippen molar-refractivity contribution in [1.29, 1.82) is 0 Å². The molecule has 2 aliphatic heterocycles. The molecule has 0 spiro atoms. The van der Waals surface area contributed by atoms with Crippen molar-refractivity contribution >= 4 is 5.91 Å². The van der Waals surface area contributed by atoms with Crippen molar-refractivity contribution in [2.75, 3.05) is 45.8 Å². The first-order chi connectivity index (χ1) is 10.1. The summed E-state index contributed by atoms with van der Waals surface area (Å²) >= 11 is 0. The molecule has 2 saturated heterocycles. The summed E-state index contributed by atoms with van der Waals surface area (Å²) in [5.74, 6) is 0.331. The molecule has 2 aliphatic rings. The van der Waals surface area contributed by atoms with E-state index in [1.807, 2.05) is 0 Å². The minimum absolute atomic E-state index is 0.0263. The molecule has 0 bridgehead atoms. The van der Waals surface area contributed by atoms with Gasteiger partial charge in [0.15, 0.2) is 0 Å². The van der Waals surface area contributed by atoms with Gasteiger partial charge in [0, 0.05) is 51.9 Å². The van der Waals surface area contributed by atoms with Crippen molar-refractivity contribution in [3.8, 4) is 0 Å². The summed E-state index contributed by atoms with van der Waals surface area (Å²) < 4.78 is 0. The van der Waals surface area contributed by atoms with E-state index in [0.717, 1.165) is 39.3 Å². The lowest BCUT2D eigenvalue weighted by Gasteiger charge is -2.40. The maximum absolute atomic E-state index is 12.7. The van der Waals surface area contributed by atoms with Gasteiger partial charge in [0.1, 0.15) is 0 Å². The Morgan fingerprint density at radius 3 is 1.95 bits per heavy atom. The van der Waals surface area contributed by atoms with Crippen LogP contribution in [-0.2, 0) is 4.79 Å². The summed E-state index contributed by atoms with van der Waals surface area (Å²) in [5, 5.41) is 0. The number of hydrogen-bond acceptors (Lipinski definition) is 4. The molecule has 122 valence electrons. The van der Waals surface area contributed by atoms with Crippen LogP contribution in [0.2, 0.25) is 0 Å². The van der Waals surface area contributed by atoms with Crippen molar-refractivity contribution in [1.82, 2.24) is 14.7 Å². The van der Waals surface area contributed by atoms with Gasteiger partial charge in [0.25, 0.3) is 0 Å². The zero-order valence-corrected chi connectivity index (χ0v) is 13.8. The van der Waals surface area contributed by atoms with Crippen molar-refractivity contribution in [3.05, 3.63) is 0 Å².